The Morgan fingerprint density at radius 1 is 1.16 bits per heavy atom. The smallest absolute Gasteiger partial charge is 0.245 e. The van der Waals surface area contributed by atoms with Crippen molar-refractivity contribution in [2.75, 3.05) is 18.5 Å². The number of benzene rings is 1. The number of rotatable bonds is 3. The summed E-state index contributed by atoms with van der Waals surface area (Å²) in [6, 6.07) is 6.79. The third-order valence-corrected chi connectivity index (χ3v) is 6.24. The normalized spacial score (nSPS) is 27.4. The summed E-state index contributed by atoms with van der Waals surface area (Å²) in [7, 11) is -3.43. The molecule has 2 unspecified atom stereocenters. The number of nitrogens with zero attached hydrogens (tertiary/aromatic N) is 1. The minimum atomic E-state index is -3.43. The Morgan fingerprint density at radius 3 is 2.42 bits per heavy atom. The van der Waals surface area contributed by atoms with Gasteiger partial charge in [-0.25, -0.2) is 8.42 Å². The van der Waals surface area contributed by atoms with Crippen LogP contribution < -0.4 is 11.3 Å². The molecule has 0 radical (unpaired) electrons. The summed E-state index contributed by atoms with van der Waals surface area (Å²) < 4.78 is 27.0. The molecule has 3 rings (SSSR count). The Labute approximate surface area is 113 Å². The molecule has 1 aliphatic carbocycles. The van der Waals surface area contributed by atoms with E-state index < -0.39 is 10.0 Å². The first-order valence-electron chi connectivity index (χ1n) is 6.68. The highest BCUT2D eigenvalue weighted by atomic mass is 32.2. The summed E-state index contributed by atoms with van der Waals surface area (Å²) >= 11 is 0. The number of hydrogen-bond donors (Lipinski definition) is 2. The zero-order valence-corrected chi connectivity index (χ0v) is 11.6. The number of hydrogen-bond acceptors (Lipinski definition) is 4. The van der Waals surface area contributed by atoms with Crippen molar-refractivity contribution in [2.24, 2.45) is 17.7 Å². The summed E-state index contributed by atoms with van der Waals surface area (Å²) in [6.07, 6.45) is 3.56. The van der Waals surface area contributed by atoms with Crippen LogP contribution in [0.1, 0.15) is 19.3 Å². The summed E-state index contributed by atoms with van der Waals surface area (Å²) in [4.78, 5) is 0.275. The summed E-state index contributed by atoms with van der Waals surface area (Å²) in [5.41, 5.74) is 2.93. The molecule has 1 aromatic carbocycles. The first-order chi connectivity index (χ1) is 9.13. The molecule has 0 amide bonds. The average Bonchev–Trinajstić information content (AvgIpc) is 2.99. The average molecular weight is 281 g/mol. The lowest BCUT2D eigenvalue weighted by atomic mass is 10.0. The van der Waals surface area contributed by atoms with Gasteiger partial charge in [0.05, 0.1) is 5.69 Å². The maximum Gasteiger partial charge on any atom is 0.245 e. The van der Waals surface area contributed by atoms with Gasteiger partial charge in [-0.3, -0.25) is 5.84 Å². The van der Waals surface area contributed by atoms with E-state index >= 15 is 0 Å². The number of nitrogen functional groups attached to an aromatic ring is 1. The van der Waals surface area contributed by atoms with E-state index in [1.54, 1.807) is 28.6 Å². The minimum absolute atomic E-state index is 0.275. The number of nitrogens with two attached hydrogens (primary N) is 1. The van der Waals surface area contributed by atoms with Crippen molar-refractivity contribution in [3.8, 4) is 0 Å². The third kappa shape index (κ3) is 2.13. The van der Waals surface area contributed by atoms with Gasteiger partial charge in [0.15, 0.2) is 0 Å². The van der Waals surface area contributed by atoms with E-state index in [1.807, 2.05) is 0 Å². The molecule has 0 aromatic heterocycles. The van der Waals surface area contributed by atoms with Gasteiger partial charge in [0, 0.05) is 13.1 Å². The fourth-order valence-corrected chi connectivity index (χ4v) is 5.05. The van der Waals surface area contributed by atoms with Crippen LogP contribution in [-0.4, -0.2) is 25.8 Å². The lowest BCUT2D eigenvalue weighted by Gasteiger charge is -2.19. The molecule has 2 fully saturated rings. The SMILES string of the molecule is NNc1ccccc1S(=O)(=O)N1CC2CCCC2C1. The molecule has 0 spiro atoms. The van der Waals surface area contributed by atoms with Crippen molar-refractivity contribution in [3.63, 3.8) is 0 Å². The van der Waals surface area contributed by atoms with Crippen LogP contribution in [-0.2, 0) is 10.0 Å². The Morgan fingerprint density at radius 2 is 1.79 bits per heavy atom. The molecule has 0 bridgehead atoms. The fraction of sp³-hybridized carbons (Fsp3) is 0.538. The second-order valence-corrected chi connectivity index (χ2v) is 7.32. The molecule has 1 aliphatic heterocycles. The summed E-state index contributed by atoms with van der Waals surface area (Å²) in [5.74, 6) is 6.50. The third-order valence-electron chi connectivity index (χ3n) is 4.35. The van der Waals surface area contributed by atoms with Crippen molar-refractivity contribution in [1.29, 1.82) is 0 Å². The van der Waals surface area contributed by atoms with Crippen molar-refractivity contribution in [3.05, 3.63) is 24.3 Å². The number of sulfonamides is 1. The molecule has 1 aromatic rings. The molecule has 2 atom stereocenters. The van der Waals surface area contributed by atoms with Gasteiger partial charge in [-0.2, -0.15) is 4.31 Å². The van der Waals surface area contributed by atoms with Crippen LogP contribution in [0, 0.1) is 11.8 Å². The topological polar surface area (TPSA) is 75.4 Å². The van der Waals surface area contributed by atoms with Crippen LogP contribution in [0.5, 0.6) is 0 Å². The van der Waals surface area contributed by atoms with Crippen molar-refractivity contribution in [2.45, 2.75) is 24.2 Å². The van der Waals surface area contributed by atoms with Gasteiger partial charge >= 0.3 is 0 Å². The lowest BCUT2D eigenvalue weighted by molar-refractivity contribution is 0.445. The number of fused-ring (bicyclic) bond motifs is 1. The zero-order chi connectivity index (χ0) is 13.5. The quantitative estimate of drug-likeness (QED) is 0.648. The number of para-hydroxylation sites is 1. The van der Waals surface area contributed by atoms with Gasteiger partial charge < -0.3 is 5.43 Å². The molecular weight excluding hydrogens is 262 g/mol. The maximum atomic E-state index is 12.7. The van der Waals surface area contributed by atoms with Gasteiger partial charge in [0.1, 0.15) is 4.90 Å². The van der Waals surface area contributed by atoms with E-state index in [0.717, 1.165) is 12.8 Å². The van der Waals surface area contributed by atoms with Crippen LogP contribution in [0.25, 0.3) is 0 Å². The van der Waals surface area contributed by atoms with Gasteiger partial charge in [-0.15, -0.1) is 0 Å². The van der Waals surface area contributed by atoms with E-state index in [0.29, 0.717) is 30.6 Å². The largest absolute Gasteiger partial charge is 0.323 e. The zero-order valence-electron chi connectivity index (χ0n) is 10.7. The Balaban J connectivity index is 1.91. The molecule has 6 heteroatoms. The Bertz CT molecular complexity index is 561. The van der Waals surface area contributed by atoms with Crippen LogP contribution in [0.4, 0.5) is 5.69 Å². The highest BCUT2D eigenvalue weighted by molar-refractivity contribution is 7.89. The molecule has 2 aliphatic rings. The second-order valence-electron chi connectivity index (χ2n) is 5.41. The predicted octanol–water partition coefficient (Wildman–Crippen LogP) is 1.39. The number of nitrogens with one attached hydrogen (secondary N) is 1. The van der Waals surface area contributed by atoms with E-state index in [-0.39, 0.29) is 4.90 Å². The number of hydrazine groups is 1. The van der Waals surface area contributed by atoms with E-state index in [1.165, 1.54) is 6.42 Å². The molecule has 19 heavy (non-hydrogen) atoms. The van der Waals surface area contributed by atoms with Crippen LogP contribution in [0.3, 0.4) is 0 Å². The molecular formula is C13H19N3O2S. The maximum absolute atomic E-state index is 12.7. The highest BCUT2D eigenvalue weighted by Crippen LogP contribution is 2.40. The van der Waals surface area contributed by atoms with Crippen molar-refractivity contribution >= 4 is 15.7 Å². The summed E-state index contributed by atoms with van der Waals surface area (Å²) in [5, 5.41) is 0. The van der Waals surface area contributed by atoms with E-state index in [9.17, 15) is 8.42 Å². The molecule has 1 heterocycles. The van der Waals surface area contributed by atoms with E-state index in [4.69, 9.17) is 5.84 Å². The lowest BCUT2D eigenvalue weighted by Crippen LogP contribution is -2.30. The molecule has 1 saturated carbocycles. The minimum Gasteiger partial charge on any atom is -0.323 e. The second kappa shape index (κ2) is 4.77. The first-order valence-corrected chi connectivity index (χ1v) is 8.12. The van der Waals surface area contributed by atoms with Gasteiger partial charge in [-0.05, 0) is 36.8 Å². The first kappa shape index (κ1) is 12.9. The molecule has 104 valence electrons. The van der Waals surface area contributed by atoms with Crippen LogP contribution >= 0.6 is 0 Å². The van der Waals surface area contributed by atoms with E-state index in [2.05, 4.69) is 5.43 Å². The van der Waals surface area contributed by atoms with Crippen molar-refractivity contribution in [1.82, 2.24) is 4.31 Å². The molecule has 1 saturated heterocycles. The van der Waals surface area contributed by atoms with Gasteiger partial charge in [-0.1, -0.05) is 18.6 Å². The molecule has 5 nitrogen and oxygen atoms in total. The Hall–Kier alpha value is -1.11. The predicted molar refractivity (Wildman–Crippen MR) is 73.8 cm³/mol. The fourth-order valence-electron chi connectivity index (χ4n) is 3.34. The molecule has 3 N–H and O–H groups in total. The van der Waals surface area contributed by atoms with Crippen molar-refractivity contribution < 1.29 is 8.42 Å². The summed E-state index contributed by atoms with van der Waals surface area (Å²) in [6.45, 7) is 1.32. The standard InChI is InChI=1S/C13H19N3O2S/c14-15-12-6-1-2-7-13(12)19(17,18)16-8-10-4-3-5-11(10)9-16/h1-2,6-7,10-11,15H,3-5,8-9,14H2. The van der Waals surface area contributed by atoms with Crippen LogP contribution in [0.2, 0.25) is 0 Å². The monoisotopic (exact) mass is 281 g/mol. The number of anilines is 1. The van der Waals surface area contributed by atoms with Gasteiger partial charge in [0.2, 0.25) is 10.0 Å². The van der Waals surface area contributed by atoms with Crippen LogP contribution in [0.15, 0.2) is 29.2 Å². The Kier molecular flexibility index (Phi) is 3.24. The van der Waals surface area contributed by atoms with Gasteiger partial charge in [0.25, 0.3) is 0 Å². The highest BCUT2D eigenvalue weighted by Gasteiger charge is 2.41.